The molecule has 0 bridgehead atoms. The minimum atomic E-state index is -1.13. The molecule has 0 aliphatic carbocycles. The second-order valence-corrected chi connectivity index (χ2v) is 8.04. The molecule has 1 atom stereocenters. The molecule has 1 unspecified atom stereocenters. The van der Waals surface area contributed by atoms with Crippen LogP contribution in [-0.4, -0.2) is 11.1 Å². The maximum absolute atomic E-state index is 11.3. The van der Waals surface area contributed by atoms with Crippen LogP contribution in [0.2, 0.25) is 0 Å². The number of allylic oxidation sites excluding steroid dienone is 1. The zero-order chi connectivity index (χ0) is 23.6. The lowest BCUT2D eigenvalue weighted by atomic mass is 10.1. The number of thiophene rings is 1. The number of carboxylic acid groups (broad SMARTS) is 1. The first-order valence-electron chi connectivity index (χ1n) is 9.86. The van der Waals surface area contributed by atoms with E-state index < -0.39 is 11.9 Å². The largest absolute Gasteiger partial charge is 0.480 e. The summed E-state index contributed by atoms with van der Waals surface area (Å²) in [5.41, 5.74) is 3.57. The predicted molar refractivity (Wildman–Crippen MR) is 130 cm³/mol. The Morgan fingerprint density at radius 1 is 1.03 bits per heavy atom. The van der Waals surface area contributed by atoms with E-state index in [1.807, 2.05) is 77.7 Å². The Morgan fingerprint density at radius 2 is 1.64 bits per heavy atom. The van der Waals surface area contributed by atoms with E-state index >= 15 is 0 Å². The van der Waals surface area contributed by atoms with E-state index in [0.29, 0.717) is 0 Å². The van der Waals surface area contributed by atoms with E-state index in [0.717, 1.165) is 32.4 Å². The van der Waals surface area contributed by atoms with E-state index in [-0.39, 0.29) is 6.42 Å². The Labute approximate surface area is 196 Å². The molecular weight excluding hydrogens is 432 g/mol. The maximum atomic E-state index is 11.3. The molecule has 1 heterocycles. The standard InChI is InChI=1S/C26H18N4O2S/c1-29-16-14-20-6-10-23(11-7-20)30(22-8-4-19(5-9-22)3-2-15-27)25-13-12-24(33-25)17-21(18-28)26(31)32/h2-14,16,21H,17H2,(H,31,32)/b3-2-,16-14+. The second-order valence-electron chi connectivity index (χ2n) is 6.89. The number of rotatable bonds is 8. The van der Waals surface area contributed by atoms with Gasteiger partial charge < -0.3 is 10.0 Å². The molecule has 6 nitrogen and oxygen atoms in total. The molecule has 0 fully saturated rings. The van der Waals surface area contributed by atoms with Crippen molar-refractivity contribution in [3.8, 4) is 12.1 Å². The summed E-state index contributed by atoms with van der Waals surface area (Å²) in [5.74, 6) is -2.22. The Balaban J connectivity index is 1.99. The van der Waals surface area contributed by atoms with Gasteiger partial charge in [0.1, 0.15) is 10.9 Å². The number of carboxylic acids is 1. The van der Waals surface area contributed by atoms with Crippen molar-refractivity contribution in [2.24, 2.45) is 5.92 Å². The zero-order valence-electron chi connectivity index (χ0n) is 17.4. The molecule has 0 radical (unpaired) electrons. The molecule has 2 aromatic carbocycles. The van der Waals surface area contributed by atoms with Gasteiger partial charge in [-0.15, -0.1) is 11.3 Å². The van der Waals surface area contributed by atoms with E-state index in [4.69, 9.17) is 17.1 Å². The van der Waals surface area contributed by atoms with Gasteiger partial charge in [-0.05, 0) is 53.6 Å². The molecule has 7 heteroatoms. The van der Waals surface area contributed by atoms with Gasteiger partial charge in [-0.25, -0.2) is 4.85 Å². The van der Waals surface area contributed by atoms with Crippen LogP contribution in [0.25, 0.3) is 17.0 Å². The van der Waals surface area contributed by atoms with Crippen LogP contribution in [0.3, 0.4) is 0 Å². The first kappa shape index (κ1) is 23.0. The molecule has 1 aromatic heterocycles. The van der Waals surface area contributed by atoms with Gasteiger partial charge in [0.2, 0.25) is 0 Å². The van der Waals surface area contributed by atoms with Gasteiger partial charge >= 0.3 is 5.97 Å². The zero-order valence-corrected chi connectivity index (χ0v) is 18.2. The summed E-state index contributed by atoms with van der Waals surface area (Å²) < 4.78 is 0. The van der Waals surface area contributed by atoms with E-state index in [1.54, 1.807) is 12.2 Å². The molecule has 1 N–H and O–H groups in total. The molecular formula is C26H18N4O2S. The number of hydrogen-bond donors (Lipinski definition) is 1. The average Bonchev–Trinajstić information content (AvgIpc) is 3.29. The van der Waals surface area contributed by atoms with Gasteiger partial charge in [-0.1, -0.05) is 30.3 Å². The summed E-state index contributed by atoms with van der Waals surface area (Å²) in [5, 5.41) is 27.9. The normalized spacial score (nSPS) is 11.5. The molecule has 3 rings (SSSR count). The van der Waals surface area contributed by atoms with Crippen molar-refractivity contribution < 1.29 is 9.90 Å². The quantitative estimate of drug-likeness (QED) is 0.316. The average molecular weight is 451 g/mol. The van der Waals surface area contributed by atoms with Crippen molar-refractivity contribution in [2.45, 2.75) is 6.42 Å². The Kier molecular flexibility index (Phi) is 7.76. The van der Waals surface area contributed by atoms with Crippen LogP contribution in [-0.2, 0) is 11.2 Å². The summed E-state index contributed by atoms with van der Waals surface area (Å²) in [6, 6.07) is 23.0. The highest BCUT2D eigenvalue weighted by Gasteiger charge is 2.20. The molecule has 0 spiro atoms. The van der Waals surface area contributed by atoms with Crippen LogP contribution in [0.15, 0.2) is 72.9 Å². The Morgan fingerprint density at radius 3 is 2.15 bits per heavy atom. The van der Waals surface area contributed by atoms with Gasteiger partial charge in [0.15, 0.2) is 6.20 Å². The van der Waals surface area contributed by atoms with Crippen LogP contribution in [0.4, 0.5) is 16.4 Å². The third-order valence-electron chi connectivity index (χ3n) is 4.72. The van der Waals surface area contributed by atoms with Gasteiger partial charge in [-0.3, -0.25) is 4.79 Å². The number of benzene rings is 2. The second kappa shape index (κ2) is 11.1. The van der Waals surface area contributed by atoms with Crippen LogP contribution < -0.4 is 4.90 Å². The van der Waals surface area contributed by atoms with Crippen molar-refractivity contribution >= 4 is 45.8 Å². The van der Waals surface area contributed by atoms with Gasteiger partial charge in [0.05, 0.1) is 18.7 Å². The van der Waals surface area contributed by atoms with Gasteiger partial charge in [0, 0.05) is 28.7 Å². The minimum Gasteiger partial charge on any atom is -0.480 e. The number of anilines is 3. The number of nitriles is 2. The van der Waals surface area contributed by atoms with Crippen molar-refractivity contribution in [1.29, 1.82) is 10.5 Å². The number of hydrogen-bond acceptors (Lipinski definition) is 5. The SMILES string of the molecule is [C-]#[N+]/C=C/c1ccc(N(c2ccc(/C=C\C#N)cc2)c2ccc(CC(C#N)C(=O)O)s2)cc1. The van der Waals surface area contributed by atoms with Crippen molar-refractivity contribution in [3.05, 3.63) is 100 Å². The lowest BCUT2D eigenvalue weighted by molar-refractivity contribution is -0.139. The summed E-state index contributed by atoms with van der Waals surface area (Å²) >= 11 is 1.43. The van der Waals surface area contributed by atoms with Crippen LogP contribution >= 0.6 is 11.3 Å². The van der Waals surface area contributed by atoms with Crippen molar-refractivity contribution in [1.82, 2.24) is 0 Å². The lowest BCUT2D eigenvalue weighted by Gasteiger charge is -2.24. The summed E-state index contributed by atoms with van der Waals surface area (Å²) in [7, 11) is 0. The van der Waals surface area contributed by atoms with Crippen molar-refractivity contribution in [3.63, 3.8) is 0 Å². The number of aliphatic carboxylic acids is 1. The van der Waals surface area contributed by atoms with E-state index in [9.17, 15) is 9.90 Å². The summed E-state index contributed by atoms with van der Waals surface area (Å²) in [6.07, 6.45) is 6.42. The fourth-order valence-corrected chi connectivity index (χ4v) is 4.21. The minimum absolute atomic E-state index is 0.141. The molecule has 0 saturated carbocycles. The molecule has 0 aliphatic heterocycles. The Hall–Kier alpha value is -4.64. The van der Waals surface area contributed by atoms with Crippen LogP contribution in [0.5, 0.6) is 0 Å². The van der Waals surface area contributed by atoms with Gasteiger partial charge in [0.25, 0.3) is 0 Å². The highest BCUT2D eigenvalue weighted by Crippen LogP contribution is 2.39. The monoisotopic (exact) mass is 450 g/mol. The first-order valence-corrected chi connectivity index (χ1v) is 10.7. The van der Waals surface area contributed by atoms with Gasteiger partial charge in [-0.2, -0.15) is 10.5 Å². The molecule has 0 amide bonds. The highest BCUT2D eigenvalue weighted by molar-refractivity contribution is 7.16. The summed E-state index contributed by atoms with van der Waals surface area (Å²) in [4.78, 5) is 17.3. The Bertz CT molecular complexity index is 1230. The fourth-order valence-electron chi connectivity index (χ4n) is 3.12. The smallest absolute Gasteiger partial charge is 0.321 e. The maximum Gasteiger partial charge on any atom is 0.321 e. The van der Waals surface area contributed by atoms with Crippen LogP contribution in [0.1, 0.15) is 16.0 Å². The van der Waals surface area contributed by atoms with Crippen LogP contribution in [0, 0.1) is 35.2 Å². The third kappa shape index (κ3) is 5.95. The molecule has 0 aliphatic rings. The van der Waals surface area contributed by atoms with Crippen molar-refractivity contribution in [2.75, 3.05) is 4.90 Å². The third-order valence-corrected chi connectivity index (χ3v) is 5.81. The fraction of sp³-hybridized carbons (Fsp3) is 0.0769. The predicted octanol–water partition coefficient (Wildman–Crippen LogP) is 6.41. The summed E-state index contributed by atoms with van der Waals surface area (Å²) in [6.45, 7) is 6.89. The molecule has 0 saturated heterocycles. The number of carbonyl (C=O) groups is 1. The highest BCUT2D eigenvalue weighted by atomic mass is 32.1. The number of nitrogens with zero attached hydrogens (tertiary/aromatic N) is 4. The van der Waals surface area contributed by atoms with E-state index in [1.165, 1.54) is 23.6 Å². The first-order chi connectivity index (χ1) is 16.0. The lowest BCUT2D eigenvalue weighted by Crippen LogP contribution is -2.13. The molecule has 160 valence electrons. The molecule has 3 aromatic rings. The topological polar surface area (TPSA) is 92.5 Å². The van der Waals surface area contributed by atoms with E-state index in [2.05, 4.69) is 4.85 Å². The molecule has 33 heavy (non-hydrogen) atoms.